The molecule has 3 rings (SSSR count). The van der Waals surface area contributed by atoms with Gasteiger partial charge in [0.25, 0.3) is 0 Å². The van der Waals surface area contributed by atoms with E-state index in [1.54, 1.807) is 17.7 Å². The van der Waals surface area contributed by atoms with Crippen LogP contribution in [0.2, 0.25) is 0 Å². The molecule has 26 heavy (non-hydrogen) atoms. The zero-order chi connectivity index (χ0) is 19.2. The molecular formula is C17H20F3N3O2S. The van der Waals surface area contributed by atoms with Crippen LogP contribution in [0.15, 0.2) is 23.2 Å². The van der Waals surface area contributed by atoms with Gasteiger partial charge in [-0.3, -0.25) is 4.90 Å². The molecule has 0 fully saturated rings. The van der Waals surface area contributed by atoms with Crippen LogP contribution in [0.5, 0.6) is 0 Å². The third-order valence-electron chi connectivity index (χ3n) is 4.03. The highest BCUT2D eigenvalue weighted by atomic mass is 32.1. The average Bonchev–Trinajstić information content (AvgIpc) is 3.01. The van der Waals surface area contributed by atoms with Crippen LogP contribution in [0, 0.1) is 0 Å². The van der Waals surface area contributed by atoms with E-state index in [-0.39, 0.29) is 0 Å². The van der Waals surface area contributed by atoms with Gasteiger partial charge in [0, 0.05) is 37.4 Å². The summed E-state index contributed by atoms with van der Waals surface area (Å²) in [7, 11) is 0. The number of carboxylic acids is 1. The van der Waals surface area contributed by atoms with E-state index >= 15 is 0 Å². The summed E-state index contributed by atoms with van der Waals surface area (Å²) < 4.78 is 31.7. The summed E-state index contributed by atoms with van der Waals surface area (Å²) >= 11 is 1.78. The third-order valence-corrected chi connectivity index (χ3v) is 4.76. The third kappa shape index (κ3) is 5.77. The Kier molecular flexibility index (Phi) is 7.10. The van der Waals surface area contributed by atoms with Crippen molar-refractivity contribution in [1.82, 2.24) is 14.9 Å². The van der Waals surface area contributed by atoms with Crippen molar-refractivity contribution in [3.63, 3.8) is 0 Å². The Bertz CT molecular complexity index is 721. The highest BCUT2D eigenvalue weighted by Gasteiger charge is 2.38. The average molecular weight is 387 g/mol. The second kappa shape index (κ2) is 9.09. The van der Waals surface area contributed by atoms with Crippen molar-refractivity contribution in [3.8, 4) is 0 Å². The summed E-state index contributed by atoms with van der Waals surface area (Å²) in [6.45, 7) is 5.45. The molecule has 9 heteroatoms. The number of carbonyl (C=O) groups is 1. The van der Waals surface area contributed by atoms with Crippen LogP contribution in [0.4, 0.5) is 13.2 Å². The van der Waals surface area contributed by atoms with E-state index in [9.17, 15) is 13.2 Å². The van der Waals surface area contributed by atoms with Crippen molar-refractivity contribution in [3.05, 3.63) is 45.7 Å². The molecule has 3 heterocycles. The molecule has 2 aromatic rings. The summed E-state index contributed by atoms with van der Waals surface area (Å²) in [5.41, 5.74) is 5.33. The molecule has 5 nitrogen and oxygen atoms in total. The van der Waals surface area contributed by atoms with E-state index in [0.29, 0.717) is 0 Å². The lowest BCUT2D eigenvalue weighted by molar-refractivity contribution is -0.192. The number of carboxylic acid groups (broad SMARTS) is 1. The fourth-order valence-electron chi connectivity index (χ4n) is 2.74. The Morgan fingerprint density at radius 2 is 2.00 bits per heavy atom. The van der Waals surface area contributed by atoms with E-state index < -0.39 is 12.1 Å². The Morgan fingerprint density at radius 1 is 1.31 bits per heavy atom. The molecular weight excluding hydrogens is 367 g/mol. The van der Waals surface area contributed by atoms with Crippen molar-refractivity contribution < 1.29 is 23.1 Å². The van der Waals surface area contributed by atoms with Crippen molar-refractivity contribution in [2.45, 2.75) is 38.9 Å². The summed E-state index contributed by atoms with van der Waals surface area (Å²) in [6, 6.07) is 2.22. The predicted molar refractivity (Wildman–Crippen MR) is 92.1 cm³/mol. The first-order valence-electron chi connectivity index (χ1n) is 8.16. The maximum atomic E-state index is 10.6. The number of alkyl halides is 3. The topological polar surface area (TPSA) is 66.3 Å². The number of thiophene rings is 1. The van der Waals surface area contributed by atoms with Gasteiger partial charge >= 0.3 is 12.1 Å². The van der Waals surface area contributed by atoms with Gasteiger partial charge in [-0.1, -0.05) is 6.92 Å². The van der Waals surface area contributed by atoms with Crippen molar-refractivity contribution in [2.24, 2.45) is 0 Å². The van der Waals surface area contributed by atoms with Crippen LogP contribution in [-0.2, 0) is 30.6 Å². The number of rotatable bonds is 3. The Hall–Kier alpha value is -2.00. The number of hydrogen-bond acceptors (Lipinski definition) is 5. The van der Waals surface area contributed by atoms with Crippen molar-refractivity contribution in [2.75, 3.05) is 13.1 Å². The minimum atomic E-state index is -5.08. The van der Waals surface area contributed by atoms with E-state index in [2.05, 4.69) is 38.6 Å². The van der Waals surface area contributed by atoms with Crippen molar-refractivity contribution >= 4 is 17.3 Å². The number of aryl methyl sites for hydroxylation is 1. The molecule has 0 radical (unpaired) electrons. The van der Waals surface area contributed by atoms with E-state index in [1.165, 1.54) is 22.5 Å². The Labute approximate surface area is 153 Å². The van der Waals surface area contributed by atoms with Gasteiger partial charge in [-0.2, -0.15) is 24.5 Å². The zero-order valence-corrected chi connectivity index (χ0v) is 15.1. The molecule has 1 aliphatic heterocycles. The molecule has 1 N–H and O–H groups in total. The maximum Gasteiger partial charge on any atom is 0.490 e. The standard InChI is InChI=1S/C15H19N3S.C2HF3O2/c1-2-14-13-3-6-18(9-12-5-8-19-10-12)7-4-15(13)17-11-16-14;3-2(4,5)1(6)7/h5,8,10-11H,2-4,6-7,9H2,1H3;(H,6,7). The predicted octanol–water partition coefficient (Wildman–Crippen LogP) is 3.33. The molecule has 0 aromatic carbocycles. The number of fused-ring (bicyclic) bond motifs is 1. The molecule has 0 amide bonds. The van der Waals surface area contributed by atoms with Gasteiger partial charge in [-0.15, -0.1) is 0 Å². The fraction of sp³-hybridized carbons (Fsp3) is 0.471. The first kappa shape index (κ1) is 20.3. The summed E-state index contributed by atoms with van der Waals surface area (Å²) in [5.74, 6) is -2.76. The van der Waals surface area contributed by atoms with E-state index in [0.717, 1.165) is 38.9 Å². The van der Waals surface area contributed by atoms with Gasteiger partial charge in [0.1, 0.15) is 6.33 Å². The summed E-state index contributed by atoms with van der Waals surface area (Å²) in [6.07, 6.45) is -0.208. The largest absolute Gasteiger partial charge is 0.490 e. The van der Waals surface area contributed by atoms with Gasteiger partial charge < -0.3 is 5.11 Å². The summed E-state index contributed by atoms with van der Waals surface area (Å²) in [4.78, 5) is 20.3. The molecule has 0 bridgehead atoms. The molecule has 0 atom stereocenters. The van der Waals surface area contributed by atoms with Crippen LogP contribution in [-0.4, -0.2) is 45.2 Å². The molecule has 0 spiro atoms. The lowest BCUT2D eigenvalue weighted by Crippen LogP contribution is -2.25. The second-order valence-electron chi connectivity index (χ2n) is 5.81. The van der Waals surface area contributed by atoms with E-state index in [1.807, 2.05) is 0 Å². The monoisotopic (exact) mass is 387 g/mol. The lowest BCUT2D eigenvalue weighted by atomic mass is 10.1. The molecule has 142 valence electrons. The number of hydrogen-bond donors (Lipinski definition) is 1. The molecule has 0 unspecified atom stereocenters. The molecule has 0 saturated carbocycles. The maximum absolute atomic E-state index is 10.6. The highest BCUT2D eigenvalue weighted by Crippen LogP contribution is 2.19. The second-order valence-corrected chi connectivity index (χ2v) is 6.59. The minimum absolute atomic E-state index is 1.01. The van der Waals surface area contributed by atoms with Gasteiger partial charge in [-0.05, 0) is 40.8 Å². The molecule has 0 aliphatic carbocycles. The highest BCUT2D eigenvalue weighted by molar-refractivity contribution is 7.07. The Morgan fingerprint density at radius 3 is 2.58 bits per heavy atom. The van der Waals surface area contributed by atoms with Crippen LogP contribution in [0.3, 0.4) is 0 Å². The minimum Gasteiger partial charge on any atom is -0.475 e. The molecule has 1 aliphatic rings. The first-order valence-corrected chi connectivity index (χ1v) is 9.10. The Balaban J connectivity index is 0.000000298. The smallest absolute Gasteiger partial charge is 0.475 e. The number of halogens is 3. The van der Waals surface area contributed by atoms with Gasteiger partial charge in [0.2, 0.25) is 0 Å². The molecule has 2 aromatic heterocycles. The number of nitrogens with zero attached hydrogens (tertiary/aromatic N) is 3. The number of aliphatic carboxylic acids is 1. The molecule has 0 saturated heterocycles. The van der Waals surface area contributed by atoms with Crippen molar-refractivity contribution in [1.29, 1.82) is 0 Å². The van der Waals surface area contributed by atoms with Crippen LogP contribution < -0.4 is 0 Å². The normalized spacial score (nSPS) is 14.8. The van der Waals surface area contributed by atoms with Crippen LogP contribution in [0.25, 0.3) is 0 Å². The number of aromatic nitrogens is 2. The van der Waals surface area contributed by atoms with Crippen LogP contribution >= 0.6 is 11.3 Å². The SMILES string of the molecule is CCc1ncnc2c1CCN(Cc1ccsc1)CC2.O=C(O)C(F)(F)F. The van der Waals surface area contributed by atoms with Gasteiger partial charge in [0.15, 0.2) is 0 Å². The lowest BCUT2D eigenvalue weighted by Gasteiger charge is -2.18. The van der Waals surface area contributed by atoms with Gasteiger partial charge in [0.05, 0.1) is 0 Å². The van der Waals surface area contributed by atoms with E-state index in [4.69, 9.17) is 9.90 Å². The quantitative estimate of drug-likeness (QED) is 0.875. The first-order chi connectivity index (χ1) is 12.3. The zero-order valence-electron chi connectivity index (χ0n) is 14.3. The van der Waals surface area contributed by atoms with Crippen LogP contribution in [0.1, 0.15) is 29.4 Å². The van der Waals surface area contributed by atoms with Gasteiger partial charge in [-0.25, -0.2) is 14.8 Å². The fourth-order valence-corrected chi connectivity index (χ4v) is 3.40. The summed E-state index contributed by atoms with van der Waals surface area (Å²) in [5, 5.41) is 11.5.